The summed E-state index contributed by atoms with van der Waals surface area (Å²) < 4.78 is 0. The number of thioether (sulfide) groups is 1. The van der Waals surface area contributed by atoms with Gasteiger partial charge in [0.1, 0.15) is 22.5 Å². The van der Waals surface area contributed by atoms with E-state index in [1.165, 1.54) is 35.2 Å². The van der Waals surface area contributed by atoms with Gasteiger partial charge in [-0.1, -0.05) is 18.2 Å². The summed E-state index contributed by atoms with van der Waals surface area (Å²) in [6, 6.07) is 9.03. The maximum atomic E-state index is 13.2. The Balaban J connectivity index is 1.34. The first-order chi connectivity index (χ1) is 18.4. The van der Waals surface area contributed by atoms with Crippen LogP contribution in [0, 0.1) is 0 Å². The smallest absolute Gasteiger partial charge is 0.271 e. The monoisotopic (exact) mass is 551 g/mol. The van der Waals surface area contributed by atoms with Crippen LogP contribution >= 0.6 is 23.1 Å². The zero-order chi connectivity index (χ0) is 27.1. The van der Waals surface area contributed by atoms with E-state index in [9.17, 15) is 19.5 Å². The molecule has 3 amide bonds. The average Bonchev–Trinajstić information content (AvgIpc) is 3.43. The Morgan fingerprint density at radius 1 is 1.24 bits per heavy atom. The molecule has 0 radical (unpaired) electrons. The molecule has 0 bridgehead atoms. The molecule has 0 aliphatic carbocycles. The molecule has 1 aliphatic rings. The fraction of sp³-hybridized carbons (Fsp3) is 0.296. The molecule has 1 fully saturated rings. The number of aromatic hydroxyl groups is 1. The number of phenols is 1. The van der Waals surface area contributed by atoms with Crippen molar-refractivity contribution in [1.29, 1.82) is 0 Å². The second-order valence-electron chi connectivity index (χ2n) is 8.89. The number of piperidine rings is 1. The maximum Gasteiger partial charge on any atom is 0.271 e. The number of carbonyl (C=O) groups excluding carboxylic acids is 3. The third kappa shape index (κ3) is 6.78. The van der Waals surface area contributed by atoms with Gasteiger partial charge in [0.05, 0.1) is 10.6 Å². The van der Waals surface area contributed by atoms with Crippen molar-refractivity contribution in [2.45, 2.75) is 36.2 Å². The highest BCUT2D eigenvalue weighted by Gasteiger charge is 2.29. The number of nitrogens with one attached hydrogen (secondary N) is 1. The number of aromatic nitrogens is 2. The van der Waals surface area contributed by atoms with E-state index in [4.69, 9.17) is 5.73 Å². The van der Waals surface area contributed by atoms with Crippen LogP contribution in [0.3, 0.4) is 0 Å². The summed E-state index contributed by atoms with van der Waals surface area (Å²) in [5.41, 5.74) is 7.10. The Kier molecular flexibility index (Phi) is 9.14. The van der Waals surface area contributed by atoms with Crippen LogP contribution in [0.25, 0.3) is 0 Å². The van der Waals surface area contributed by atoms with Crippen molar-refractivity contribution in [2.24, 2.45) is 5.73 Å². The van der Waals surface area contributed by atoms with Crippen LogP contribution in [0.2, 0.25) is 0 Å². The van der Waals surface area contributed by atoms with Gasteiger partial charge in [-0.3, -0.25) is 14.4 Å². The van der Waals surface area contributed by atoms with Crippen LogP contribution in [0.5, 0.6) is 5.75 Å². The molecule has 3 heterocycles. The van der Waals surface area contributed by atoms with Gasteiger partial charge in [0.2, 0.25) is 5.91 Å². The van der Waals surface area contributed by atoms with Gasteiger partial charge in [0.15, 0.2) is 0 Å². The zero-order valence-corrected chi connectivity index (χ0v) is 22.3. The fourth-order valence-corrected chi connectivity index (χ4v) is 5.90. The van der Waals surface area contributed by atoms with Crippen molar-refractivity contribution in [1.82, 2.24) is 20.2 Å². The molecule has 3 aromatic rings. The summed E-state index contributed by atoms with van der Waals surface area (Å²) in [6.07, 6.45) is 5.14. The molecule has 1 aromatic carbocycles. The van der Waals surface area contributed by atoms with Gasteiger partial charge in [0, 0.05) is 42.8 Å². The lowest BCUT2D eigenvalue weighted by atomic mass is 9.97. The molecule has 38 heavy (non-hydrogen) atoms. The number of nitrogens with two attached hydrogens (primary N) is 1. The lowest BCUT2D eigenvalue weighted by Crippen LogP contribution is -2.46. The molecule has 1 atom stereocenters. The van der Waals surface area contributed by atoms with E-state index >= 15 is 0 Å². The molecule has 9 nitrogen and oxygen atoms in total. The number of carbonyl (C=O) groups is 3. The molecule has 4 N–H and O–H groups in total. The van der Waals surface area contributed by atoms with Gasteiger partial charge in [0.25, 0.3) is 11.8 Å². The molecule has 1 saturated heterocycles. The summed E-state index contributed by atoms with van der Waals surface area (Å²) in [6.45, 7) is 4.90. The first kappa shape index (κ1) is 27.3. The minimum atomic E-state index is -0.909. The predicted octanol–water partition coefficient (Wildman–Crippen LogP) is 3.37. The van der Waals surface area contributed by atoms with Gasteiger partial charge in [-0.05, 0) is 42.7 Å². The molecule has 4 rings (SSSR count). The highest BCUT2D eigenvalue weighted by molar-refractivity contribution is 7.99. The Labute approximate surface area is 229 Å². The summed E-state index contributed by atoms with van der Waals surface area (Å²) in [4.78, 5) is 48.7. The SMILES string of the molecule is C=CCSc1ncccc1C(=O)N1CCC(c2nc(C(=O)NC(Cc3ccc(O)cc3)C(N)=O)cs2)CC1. The number of rotatable bonds is 10. The van der Waals surface area contributed by atoms with Gasteiger partial charge >= 0.3 is 0 Å². The Morgan fingerprint density at radius 2 is 1.97 bits per heavy atom. The molecule has 1 aliphatic heterocycles. The van der Waals surface area contributed by atoms with Crippen LogP contribution in [0.4, 0.5) is 0 Å². The van der Waals surface area contributed by atoms with Crippen LogP contribution in [-0.4, -0.2) is 62.6 Å². The number of pyridine rings is 1. The fourth-order valence-electron chi connectivity index (χ4n) is 4.21. The Hall–Kier alpha value is -3.70. The third-order valence-electron chi connectivity index (χ3n) is 6.25. The summed E-state index contributed by atoms with van der Waals surface area (Å²) in [5.74, 6) is -0.229. The van der Waals surface area contributed by atoms with Gasteiger partial charge in [-0.2, -0.15) is 0 Å². The number of likely N-dealkylation sites (tertiary alicyclic amines) is 1. The number of nitrogens with zero attached hydrogens (tertiary/aromatic N) is 3. The maximum absolute atomic E-state index is 13.2. The molecular formula is C27H29N5O4S2. The van der Waals surface area contributed by atoms with Gasteiger partial charge < -0.3 is 21.1 Å². The molecule has 0 spiro atoms. The van der Waals surface area contributed by atoms with Crippen LogP contribution in [-0.2, 0) is 11.2 Å². The molecule has 1 unspecified atom stereocenters. The number of phenolic OH excluding ortho intramolecular Hbond substituents is 1. The van der Waals surface area contributed by atoms with Crippen LogP contribution < -0.4 is 11.1 Å². The van der Waals surface area contributed by atoms with Crippen LogP contribution in [0.15, 0.2) is 65.7 Å². The first-order valence-electron chi connectivity index (χ1n) is 12.2. The Morgan fingerprint density at radius 3 is 2.66 bits per heavy atom. The van der Waals surface area contributed by atoms with E-state index < -0.39 is 17.9 Å². The lowest BCUT2D eigenvalue weighted by Gasteiger charge is -2.31. The highest BCUT2D eigenvalue weighted by Crippen LogP contribution is 2.31. The number of amides is 3. The van der Waals surface area contributed by atoms with Crippen LogP contribution in [0.1, 0.15) is 50.2 Å². The normalized spacial score (nSPS) is 14.6. The largest absolute Gasteiger partial charge is 0.508 e. The van der Waals surface area contributed by atoms with E-state index in [-0.39, 0.29) is 29.7 Å². The van der Waals surface area contributed by atoms with E-state index in [0.29, 0.717) is 29.4 Å². The van der Waals surface area contributed by atoms with Crippen molar-refractivity contribution in [3.05, 3.63) is 82.5 Å². The lowest BCUT2D eigenvalue weighted by molar-refractivity contribution is -0.119. The number of hydrogen-bond acceptors (Lipinski definition) is 8. The molecular weight excluding hydrogens is 522 g/mol. The van der Waals surface area contributed by atoms with Crippen molar-refractivity contribution in [3.63, 3.8) is 0 Å². The van der Waals surface area contributed by atoms with Gasteiger partial charge in [-0.25, -0.2) is 9.97 Å². The second kappa shape index (κ2) is 12.7. The molecule has 2 aromatic heterocycles. The minimum absolute atomic E-state index is 0.0339. The summed E-state index contributed by atoms with van der Waals surface area (Å²) >= 11 is 2.89. The van der Waals surface area contributed by atoms with Crippen molar-refractivity contribution < 1.29 is 19.5 Å². The Bertz CT molecular complexity index is 1300. The van der Waals surface area contributed by atoms with E-state index in [0.717, 1.165) is 23.4 Å². The van der Waals surface area contributed by atoms with Gasteiger partial charge in [-0.15, -0.1) is 29.7 Å². The van der Waals surface area contributed by atoms with Crippen molar-refractivity contribution >= 4 is 40.8 Å². The summed E-state index contributed by atoms with van der Waals surface area (Å²) in [7, 11) is 0. The second-order valence-corrected chi connectivity index (χ2v) is 10.8. The molecule has 198 valence electrons. The minimum Gasteiger partial charge on any atom is -0.508 e. The van der Waals surface area contributed by atoms with Crippen molar-refractivity contribution in [3.8, 4) is 5.75 Å². The molecule has 11 heteroatoms. The highest BCUT2D eigenvalue weighted by atomic mass is 32.2. The quantitative estimate of drug-likeness (QED) is 0.259. The predicted molar refractivity (Wildman–Crippen MR) is 147 cm³/mol. The summed E-state index contributed by atoms with van der Waals surface area (Å²) in [5, 5.41) is 15.3. The average molecular weight is 552 g/mol. The van der Waals surface area contributed by atoms with E-state index in [2.05, 4.69) is 21.9 Å². The topological polar surface area (TPSA) is 139 Å². The first-order valence-corrected chi connectivity index (χ1v) is 14.0. The number of primary amides is 1. The number of hydrogen-bond donors (Lipinski definition) is 3. The third-order valence-corrected chi connectivity index (χ3v) is 8.26. The zero-order valence-electron chi connectivity index (χ0n) is 20.7. The number of thiazole rings is 1. The van der Waals surface area contributed by atoms with E-state index in [1.54, 1.807) is 41.9 Å². The standard InChI is InChI=1S/C27H29N5O4S2/c1-2-14-37-26-20(4-3-11-29-26)27(36)32-12-9-18(10-13-32)25-31-22(16-38-25)24(35)30-21(23(28)34)15-17-5-7-19(33)8-6-17/h2-8,11,16,18,21,33H,1,9-10,12-15H2,(H2,28,34)(H,30,35). The van der Waals surface area contributed by atoms with E-state index in [1.807, 2.05) is 4.90 Å². The number of benzene rings is 1. The molecule has 0 saturated carbocycles. The van der Waals surface area contributed by atoms with Crippen molar-refractivity contribution in [2.75, 3.05) is 18.8 Å².